The first-order valence-corrected chi connectivity index (χ1v) is 2.46. The fourth-order valence-corrected chi connectivity index (χ4v) is 0.240. The lowest BCUT2D eigenvalue weighted by Crippen LogP contribution is -1.76. The van der Waals surface area contributed by atoms with Gasteiger partial charge in [0.2, 0.25) is 10.5 Å². The SMILES string of the molecule is ON=CC=NO[SiH3]. The summed E-state index contributed by atoms with van der Waals surface area (Å²) < 4.78 is 4.35. The van der Waals surface area contributed by atoms with Crippen molar-refractivity contribution in [2.75, 3.05) is 0 Å². The van der Waals surface area contributed by atoms with Crippen molar-refractivity contribution in [1.29, 1.82) is 0 Å². The minimum absolute atomic E-state index is 0.565. The maximum absolute atomic E-state index is 7.73. The molecular weight excluding hydrogens is 112 g/mol. The van der Waals surface area contributed by atoms with Crippen LogP contribution in [0.2, 0.25) is 0 Å². The summed E-state index contributed by atoms with van der Waals surface area (Å²) in [7, 11) is 0.565. The summed E-state index contributed by atoms with van der Waals surface area (Å²) in [5, 5.41) is 13.7. The van der Waals surface area contributed by atoms with Crippen LogP contribution in [0, 0.1) is 0 Å². The van der Waals surface area contributed by atoms with Crippen LogP contribution in [0.15, 0.2) is 10.3 Å². The highest BCUT2D eigenvalue weighted by molar-refractivity contribution is 6.15. The summed E-state index contributed by atoms with van der Waals surface area (Å²) in [6.45, 7) is 0. The molecule has 0 aliphatic heterocycles. The summed E-state index contributed by atoms with van der Waals surface area (Å²) in [6, 6.07) is 0. The Bertz CT molecular complexity index is 81.8. The Labute approximate surface area is 44.0 Å². The van der Waals surface area contributed by atoms with Gasteiger partial charge in [-0.25, -0.2) is 0 Å². The Morgan fingerprint density at radius 2 is 2.29 bits per heavy atom. The van der Waals surface area contributed by atoms with E-state index in [1.54, 1.807) is 0 Å². The van der Waals surface area contributed by atoms with Gasteiger partial charge in [0.1, 0.15) is 0 Å². The first kappa shape index (κ1) is 6.16. The Kier molecular flexibility index (Phi) is 4.54. The highest BCUT2D eigenvalue weighted by Crippen LogP contribution is 1.57. The Morgan fingerprint density at radius 1 is 1.57 bits per heavy atom. The molecule has 0 bridgehead atoms. The van der Waals surface area contributed by atoms with Crippen LogP contribution in [0.5, 0.6) is 0 Å². The molecule has 0 aliphatic carbocycles. The summed E-state index contributed by atoms with van der Waals surface area (Å²) in [4.78, 5) is 0. The van der Waals surface area contributed by atoms with E-state index in [2.05, 4.69) is 14.8 Å². The molecule has 0 aromatic rings. The van der Waals surface area contributed by atoms with E-state index in [4.69, 9.17) is 5.21 Å². The molecule has 0 rings (SSSR count). The van der Waals surface area contributed by atoms with Crippen molar-refractivity contribution in [1.82, 2.24) is 0 Å². The largest absolute Gasteiger partial charge is 0.467 e. The number of oxime groups is 2. The van der Waals surface area contributed by atoms with Crippen LogP contribution in [0.3, 0.4) is 0 Å². The average molecular weight is 118 g/mol. The molecule has 40 valence electrons. The lowest BCUT2D eigenvalue weighted by atomic mass is 10.8. The smallest absolute Gasteiger partial charge is 0.242 e. The molecular formula is C2H6N2O2Si. The molecule has 0 saturated carbocycles. The molecule has 5 heteroatoms. The third-order valence-corrected chi connectivity index (χ3v) is 0.510. The predicted octanol–water partition coefficient (Wildman–Crippen LogP) is -1.27. The molecule has 0 unspecified atom stereocenters. The molecule has 0 saturated heterocycles. The van der Waals surface area contributed by atoms with Crippen LogP contribution in [0.1, 0.15) is 0 Å². The molecule has 0 aromatic carbocycles. The fraction of sp³-hybridized carbons (Fsp3) is 0. The zero-order chi connectivity index (χ0) is 5.54. The molecule has 4 nitrogen and oxygen atoms in total. The topological polar surface area (TPSA) is 54.2 Å². The van der Waals surface area contributed by atoms with Gasteiger partial charge in [0, 0.05) is 0 Å². The van der Waals surface area contributed by atoms with E-state index in [1.165, 1.54) is 6.21 Å². The third-order valence-electron chi connectivity index (χ3n) is 0.300. The van der Waals surface area contributed by atoms with Crippen molar-refractivity contribution >= 4 is 22.9 Å². The number of hydrogen-bond donors (Lipinski definition) is 1. The van der Waals surface area contributed by atoms with E-state index in [0.717, 1.165) is 6.21 Å². The summed E-state index contributed by atoms with van der Waals surface area (Å²) in [5.74, 6) is 0. The highest BCUT2D eigenvalue weighted by atomic mass is 28.2. The van der Waals surface area contributed by atoms with E-state index >= 15 is 0 Å². The van der Waals surface area contributed by atoms with E-state index in [9.17, 15) is 0 Å². The summed E-state index contributed by atoms with van der Waals surface area (Å²) >= 11 is 0. The second-order valence-corrected chi connectivity index (χ2v) is 1.07. The Morgan fingerprint density at radius 3 is 2.71 bits per heavy atom. The maximum Gasteiger partial charge on any atom is 0.242 e. The fourth-order valence-electron chi connectivity index (χ4n) is 0.118. The molecule has 1 N–H and O–H groups in total. The first-order chi connectivity index (χ1) is 3.41. The van der Waals surface area contributed by atoms with Crippen molar-refractivity contribution < 1.29 is 9.73 Å². The van der Waals surface area contributed by atoms with Crippen LogP contribution in [0.4, 0.5) is 0 Å². The molecule has 0 spiro atoms. The molecule has 0 amide bonds. The number of rotatable bonds is 2. The quantitative estimate of drug-likeness (QED) is 0.213. The Hall–Kier alpha value is -0.843. The minimum Gasteiger partial charge on any atom is -0.467 e. The first-order valence-electron chi connectivity index (χ1n) is 1.64. The second-order valence-electron chi connectivity index (χ2n) is 0.702. The maximum atomic E-state index is 7.73. The lowest BCUT2D eigenvalue weighted by Gasteiger charge is -1.78. The second kappa shape index (κ2) is 5.16. The summed E-state index contributed by atoms with van der Waals surface area (Å²) in [6.07, 6.45) is 2.38. The van der Waals surface area contributed by atoms with Gasteiger partial charge in [0.05, 0.1) is 12.4 Å². The van der Waals surface area contributed by atoms with Gasteiger partial charge in [0.15, 0.2) is 0 Å². The third kappa shape index (κ3) is 5.16. The van der Waals surface area contributed by atoms with Gasteiger partial charge in [0.25, 0.3) is 0 Å². The van der Waals surface area contributed by atoms with Gasteiger partial charge in [-0.15, -0.1) is 5.16 Å². The zero-order valence-corrected chi connectivity index (χ0v) is 5.90. The van der Waals surface area contributed by atoms with E-state index in [0.29, 0.717) is 10.5 Å². The van der Waals surface area contributed by atoms with Gasteiger partial charge in [-0.05, 0) is 0 Å². The van der Waals surface area contributed by atoms with Gasteiger partial charge in [-0.3, -0.25) is 0 Å². The Balaban J connectivity index is 3.09. The molecule has 0 radical (unpaired) electrons. The van der Waals surface area contributed by atoms with Gasteiger partial charge >= 0.3 is 0 Å². The molecule has 0 aromatic heterocycles. The van der Waals surface area contributed by atoms with E-state index in [1.807, 2.05) is 0 Å². The number of nitrogens with zero attached hydrogens (tertiary/aromatic N) is 2. The van der Waals surface area contributed by atoms with Gasteiger partial charge < -0.3 is 9.73 Å². The van der Waals surface area contributed by atoms with E-state index in [-0.39, 0.29) is 0 Å². The molecule has 7 heavy (non-hydrogen) atoms. The minimum atomic E-state index is 0.565. The van der Waals surface area contributed by atoms with Crippen molar-refractivity contribution in [3.8, 4) is 0 Å². The normalized spacial score (nSPS) is 11.4. The van der Waals surface area contributed by atoms with Crippen molar-refractivity contribution in [3.63, 3.8) is 0 Å². The lowest BCUT2D eigenvalue weighted by molar-refractivity contribution is 0.322. The highest BCUT2D eigenvalue weighted by Gasteiger charge is 1.58. The van der Waals surface area contributed by atoms with Crippen LogP contribution >= 0.6 is 0 Å². The summed E-state index contributed by atoms with van der Waals surface area (Å²) in [5.41, 5.74) is 0. The van der Waals surface area contributed by atoms with Crippen LogP contribution < -0.4 is 0 Å². The standard InChI is InChI=1S/C2H6N2O2Si/c5-3-1-2-4-6-7/h1-2,5H,7H3. The molecule has 0 aliphatic rings. The average Bonchev–Trinajstić information content (AvgIpc) is 1.69. The predicted molar refractivity (Wildman–Crippen MR) is 29.8 cm³/mol. The zero-order valence-electron chi connectivity index (χ0n) is 3.90. The van der Waals surface area contributed by atoms with Crippen LogP contribution in [0.25, 0.3) is 0 Å². The van der Waals surface area contributed by atoms with Crippen LogP contribution in [-0.2, 0) is 4.53 Å². The monoisotopic (exact) mass is 118 g/mol. The molecule has 0 heterocycles. The van der Waals surface area contributed by atoms with Gasteiger partial charge in [-0.1, -0.05) is 5.16 Å². The number of hydrogen-bond acceptors (Lipinski definition) is 4. The molecule has 0 atom stereocenters. The van der Waals surface area contributed by atoms with Crippen molar-refractivity contribution in [3.05, 3.63) is 0 Å². The van der Waals surface area contributed by atoms with Crippen molar-refractivity contribution in [2.24, 2.45) is 10.3 Å². The molecule has 0 fully saturated rings. The van der Waals surface area contributed by atoms with Crippen LogP contribution in [-0.4, -0.2) is 28.1 Å². The van der Waals surface area contributed by atoms with Gasteiger partial charge in [-0.2, -0.15) is 0 Å². The van der Waals surface area contributed by atoms with E-state index < -0.39 is 0 Å². The van der Waals surface area contributed by atoms with Crippen molar-refractivity contribution in [2.45, 2.75) is 0 Å².